The maximum atomic E-state index is 5.19. The molecule has 1 N–H and O–H groups in total. The normalized spacial score (nSPS) is 19.8. The topological polar surface area (TPSA) is 54.0 Å². The molecule has 2 aromatic heterocycles. The third-order valence-corrected chi connectivity index (χ3v) is 4.08. The van der Waals surface area contributed by atoms with Crippen molar-refractivity contribution in [1.29, 1.82) is 0 Å². The van der Waals surface area contributed by atoms with E-state index >= 15 is 0 Å². The van der Waals surface area contributed by atoms with E-state index in [1.54, 1.807) is 13.3 Å². The number of likely N-dealkylation sites (tertiary alicyclic amines) is 1. The molecule has 1 saturated heterocycles. The highest BCUT2D eigenvalue weighted by Crippen LogP contribution is 2.27. The lowest BCUT2D eigenvalue weighted by Crippen LogP contribution is -2.36. The molecular formula is C16H22N4O. The second kappa shape index (κ2) is 6.83. The smallest absolute Gasteiger partial charge is 0.0883 e. The van der Waals surface area contributed by atoms with Gasteiger partial charge in [-0.1, -0.05) is 6.07 Å². The van der Waals surface area contributed by atoms with Crippen molar-refractivity contribution in [1.82, 2.24) is 20.1 Å². The number of hydrogen-bond donors (Lipinski definition) is 1. The highest BCUT2D eigenvalue weighted by Gasteiger charge is 2.22. The number of H-pyrrole nitrogens is 1. The zero-order valence-electron chi connectivity index (χ0n) is 12.5. The average molecular weight is 286 g/mol. The van der Waals surface area contributed by atoms with Gasteiger partial charge in [-0.25, -0.2) is 0 Å². The maximum absolute atomic E-state index is 5.19. The van der Waals surface area contributed by atoms with E-state index in [2.05, 4.69) is 27.2 Å². The molecule has 5 nitrogen and oxygen atoms in total. The zero-order valence-corrected chi connectivity index (χ0v) is 12.5. The molecule has 0 aliphatic carbocycles. The van der Waals surface area contributed by atoms with Crippen LogP contribution < -0.4 is 0 Å². The van der Waals surface area contributed by atoms with Gasteiger partial charge in [0.1, 0.15) is 0 Å². The fourth-order valence-corrected chi connectivity index (χ4v) is 2.95. The molecule has 112 valence electrons. The van der Waals surface area contributed by atoms with Crippen LogP contribution >= 0.6 is 0 Å². The highest BCUT2D eigenvalue weighted by molar-refractivity contribution is 5.53. The second-order valence-electron chi connectivity index (χ2n) is 5.55. The van der Waals surface area contributed by atoms with Gasteiger partial charge in [-0.3, -0.25) is 10.1 Å². The molecule has 2 aromatic rings. The maximum Gasteiger partial charge on any atom is 0.0883 e. The first kappa shape index (κ1) is 14.2. The van der Waals surface area contributed by atoms with Crippen molar-refractivity contribution in [2.24, 2.45) is 0 Å². The zero-order chi connectivity index (χ0) is 14.5. The standard InChI is InChI=1S/C16H22N4O/c1-21-11-10-20-9-3-4-13(12-20)14-5-2-6-15(18-14)16-7-8-17-19-16/h2,5-8,13H,3-4,9-12H2,1H3,(H,17,19). The van der Waals surface area contributed by atoms with Gasteiger partial charge in [-0.15, -0.1) is 0 Å². The van der Waals surface area contributed by atoms with Crippen molar-refractivity contribution in [3.63, 3.8) is 0 Å². The minimum Gasteiger partial charge on any atom is -0.383 e. The second-order valence-corrected chi connectivity index (χ2v) is 5.55. The Hall–Kier alpha value is -1.72. The largest absolute Gasteiger partial charge is 0.383 e. The monoisotopic (exact) mass is 286 g/mol. The van der Waals surface area contributed by atoms with Gasteiger partial charge in [0.15, 0.2) is 0 Å². The number of pyridine rings is 1. The Bertz CT molecular complexity index is 555. The summed E-state index contributed by atoms with van der Waals surface area (Å²) in [6.45, 7) is 4.05. The van der Waals surface area contributed by atoms with Crippen LogP contribution in [-0.4, -0.2) is 53.4 Å². The molecule has 5 heteroatoms. The van der Waals surface area contributed by atoms with E-state index in [9.17, 15) is 0 Å². The Kier molecular flexibility index (Phi) is 4.62. The summed E-state index contributed by atoms with van der Waals surface area (Å²) in [6.07, 6.45) is 4.20. The number of methoxy groups -OCH3 is 1. The van der Waals surface area contributed by atoms with Crippen LogP contribution in [0.25, 0.3) is 11.4 Å². The first-order chi connectivity index (χ1) is 10.4. The third kappa shape index (κ3) is 3.49. The van der Waals surface area contributed by atoms with Gasteiger partial charge in [0.2, 0.25) is 0 Å². The van der Waals surface area contributed by atoms with E-state index < -0.39 is 0 Å². The molecule has 1 atom stereocenters. The van der Waals surface area contributed by atoms with Gasteiger partial charge < -0.3 is 9.64 Å². The lowest BCUT2D eigenvalue weighted by Gasteiger charge is -2.32. The summed E-state index contributed by atoms with van der Waals surface area (Å²) in [5.41, 5.74) is 3.13. The Balaban J connectivity index is 1.72. The van der Waals surface area contributed by atoms with Gasteiger partial charge in [-0.05, 0) is 37.6 Å². The molecule has 3 heterocycles. The van der Waals surface area contributed by atoms with Gasteiger partial charge >= 0.3 is 0 Å². The predicted octanol–water partition coefficient (Wildman–Crippen LogP) is 2.30. The SMILES string of the molecule is COCCN1CCCC(c2cccc(-c3ccn[nH]3)n2)C1. The van der Waals surface area contributed by atoms with Crippen molar-refractivity contribution >= 4 is 0 Å². The van der Waals surface area contributed by atoms with Crippen LogP contribution in [0.5, 0.6) is 0 Å². The highest BCUT2D eigenvalue weighted by atomic mass is 16.5. The number of aromatic nitrogens is 3. The first-order valence-corrected chi connectivity index (χ1v) is 7.55. The molecular weight excluding hydrogens is 264 g/mol. The summed E-state index contributed by atoms with van der Waals surface area (Å²) in [7, 11) is 1.76. The first-order valence-electron chi connectivity index (χ1n) is 7.55. The van der Waals surface area contributed by atoms with Crippen molar-refractivity contribution in [3.05, 3.63) is 36.2 Å². The van der Waals surface area contributed by atoms with Gasteiger partial charge in [0, 0.05) is 38.0 Å². The molecule has 21 heavy (non-hydrogen) atoms. The van der Waals surface area contributed by atoms with E-state index in [0.717, 1.165) is 31.1 Å². The van der Waals surface area contributed by atoms with Gasteiger partial charge in [0.25, 0.3) is 0 Å². The number of aromatic amines is 1. The summed E-state index contributed by atoms with van der Waals surface area (Å²) in [5.74, 6) is 0.512. The molecule has 0 spiro atoms. The number of nitrogens with zero attached hydrogens (tertiary/aromatic N) is 3. The van der Waals surface area contributed by atoms with Crippen LogP contribution in [0.2, 0.25) is 0 Å². The molecule has 1 unspecified atom stereocenters. The number of rotatable bonds is 5. The van der Waals surface area contributed by atoms with Gasteiger partial charge in [-0.2, -0.15) is 5.10 Å². The van der Waals surface area contributed by atoms with Crippen LogP contribution in [0.1, 0.15) is 24.5 Å². The van der Waals surface area contributed by atoms with E-state index in [0.29, 0.717) is 5.92 Å². The molecule has 0 aromatic carbocycles. The summed E-state index contributed by atoms with van der Waals surface area (Å²) in [6, 6.07) is 8.22. The molecule has 1 aliphatic rings. The minimum absolute atomic E-state index is 0.512. The fourth-order valence-electron chi connectivity index (χ4n) is 2.95. The number of piperidine rings is 1. The van der Waals surface area contributed by atoms with Crippen molar-refractivity contribution in [2.45, 2.75) is 18.8 Å². The summed E-state index contributed by atoms with van der Waals surface area (Å²) < 4.78 is 5.19. The molecule has 0 saturated carbocycles. The minimum atomic E-state index is 0.512. The Morgan fingerprint density at radius 2 is 2.33 bits per heavy atom. The van der Waals surface area contributed by atoms with Crippen LogP contribution in [0.4, 0.5) is 0 Å². The number of ether oxygens (including phenoxy) is 1. The Morgan fingerprint density at radius 1 is 1.38 bits per heavy atom. The molecule has 0 amide bonds. The van der Waals surface area contributed by atoms with E-state index in [-0.39, 0.29) is 0 Å². The molecule has 0 bridgehead atoms. The lowest BCUT2D eigenvalue weighted by atomic mass is 9.94. The van der Waals surface area contributed by atoms with Crippen molar-refractivity contribution in [3.8, 4) is 11.4 Å². The van der Waals surface area contributed by atoms with Crippen LogP contribution in [0.3, 0.4) is 0 Å². The van der Waals surface area contributed by atoms with E-state index in [4.69, 9.17) is 9.72 Å². The Morgan fingerprint density at radius 3 is 3.14 bits per heavy atom. The molecule has 1 fully saturated rings. The van der Waals surface area contributed by atoms with Crippen LogP contribution in [0, 0.1) is 0 Å². The van der Waals surface area contributed by atoms with Crippen LogP contribution in [-0.2, 0) is 4.74 Å². The fraction of sp³-hybridized carbons (Fsp3) is 0.500. The van der Waals surface area contributed by atoms with E-state index in [1.165, 1.54) is 25.1 Å². The Labute approximate surface area is 125 Å². The lowest BCUT2D eigenvalue weighted by molar-refractivity contribution is 0.127. The van der Waals surface area contributed by atoms with E-state index in [1.807, 2.05) is 12.1 Å². The number of hydrogen-bond acceptors (Lipinski definition) is 4. The molecule has 1 aliphatic heterocycles. The third-order valence-electron chi connectivity index (χ3n) is 4.08. The summed E-state index contributed by atoms with van der Waals surface area (Å²) in [5, 5.41) is 6.98. The summed E-state index contributed by atoms with van der Waals surface area (Å²) in [4.78, 5) is 7.30. The quantitative estimate of drug-likeness (QED) is 0.916. The van der Waals surface area contributed by atoms with Gasteiger partial charge in [0.05, 0.1) is 18.0 Å². The molecule has 3 rings (SSSR count). The van der Waals surface area contributed by atoms with Crippen molar-refractivity contribution in [2.75, 3.05) is 33.4 Å². The van der Waals surface area contributed by atoms with Crippen molar-refractivity contribution < 1.29 is 4.74 Å². The van der Waals surface area contributed by atoms with Crippen LogP contribution in [0.15, 0.2) is 30.5 Å². The predicted molar refractivity (Wildman–Crippen MR) is 82.1 cm³/mol. The average Bonchev–Trinajstić information content (AvgIpc) is 3.08. The molecule has 0 radical (unpaired) electrons. The summed E-state index contributed by atoms with van der Waals surface area (Å²) >= 11 is 0. The number of nitrogens with one attached hydrogen (secondary N) is 1.